The molecule has 0 spiro atoms. The highest BCUT2D eigenvalue weighted by Gasteiger charge is 2.43. The number of hydrogen-bond donors (Lipinski definition) is 1. The highest BCUT2D eigenvalue weighted by molar-refractivity contribution is 7.16. The SMILES string of the molecule is COCC1(C(=O)O)CCCN(C(=O)CCc2ccc(Cl)s2)C1. The van der Waals surface area contributed by atoms with Crippen LogP contribution in [0.15, 0.2) is 12.1 Å². The largest absolute Gasteiger partial charge is 0.481 e. The van der Waals surface area contributed by atoms with Crippen LogP contribution in [-0.2, 0) is 20.7 Å². The van der Waals surface area contributed by atoms with Crippen LogP contribution in [0.3, 0.4) is 0 Å². The maximum Gasteiger partial charge on any atom is 0.313 e. The Morgan fingerprint density at radius 1 is 1.50 bits per heavy atom. The number of aryl methyl sites for hydroxylation is 1. The Balaban J connectivity index is 1.95. The van der Waals surface area contributed by atoms with Gasteiger partial charge >= 0.3 is 5.97 Å². The van der Waals surface area contributed by atoms with Crippen molar-refractivity contribution in [2.45, 2.75) is 25.7 Å². The van der Waals surface area contributed by atoms with Crippen LogP contribution in [0.4, 0.5) is 0 Å². The molecule has 1 N–H and O–H groups in total. The number of halogens is 1. The fraction of sp³-hybridized carbons (Fsp3) is 0.600. The second-order valence-corrected chi connectivity index (χ2v) is 7.44. The van der Waals surface area contributed by atoms with Crippen molar-refractivity contribution >= 4 is 34.8 Å². The number of amides is 1. The summed E-state index contributed by atoms with van der Waals surface area (Å²) >= 11 is 7.35. The Morgan fingerprint density at radius 2 is 2.27 bits per heavy atom. The first-order valence-corrected chi connectivity index (χ1v) is 8.40. The van der Waals surface area contributed by atoms with Gasteiger partial charge in [-0.3, -0.25) is 9.59 Å². The van der Waals surface area contributed by atoms with Crippen LogP contribution in [0.25, 0.3) is 0 Å². The second-order valence-electron chi connectivity index (χ2n) is 5.64. The van der Waals surface area contributed by atoms with E-state index in [2.05, 4.69) is 0 Å². The molecule has 1 aliphatic heterocycles. The molecule has 7 heteroatoms. The van der Waals surface area contributed by atoms with E-state index in [0.717, 1.165) is 4.88 Å². The average molecular weight is 346 g/mol. The summed E-state index contributed by atoms with van der Waals surface area (Å²) in [6.45, 7) is 0.968. The third kappa shape index (κ3) is 4.00. The van der Waals surface area contributed by atoms with E-state index in [1.807, 2.05) is 12.1 Å². The molecule has 1 atom stereocenters. The molecule has 0 aliphatic carbocycles. The van der Waals surface area contributed by atoms with Crippen molar-refractivity contribution in [1.29, 1.82) is 0 Å². The van der Waals surface area contributed by atoms with Crippen molar-refractivity contribution in [2.75, 3.05) is 26.8 Å². The molecule has 1 fully saturated rings. The van der Waals surface area contributed by atoms with Gasteiger partial charge in [0.2, 0.25) is 5.91 Å². The molecule has 22 heavy (non-hydrogen) atoms. The number of likely N-dealkylation sites (tertiary alicyclic amines) is 1. The van der Waals surface area contributed by atoms with Crippen molar-refractivity contribution in [1.82, 2.24) is 4.90 Å². The van der Waals surface area contributed by atoms with E-state index in [4.69, 9.17) is 16.3 Å². The minimum absolute atomic E-state index is 0.00838. The summed E-state index contributed by atoms with van der Waals surface area (Å²) in [6, 6.07) is 3.74. The quantitative estimate of drug-likeness (QED) is 0.860. The number of methoxy groups -OCH3 is 1. The fourth-order valence-corrected chi connectivity index (χ4v) is 3.94. The summed E-state index contributed by atoms with van der Waals surface area (Å²) in [5, 5.41) is 9.50. The van der Waals surface area contributed by atoms with E-state index >= 15 is 0 Å². The Kier molecular flexibility index (Phi) is 5.83. The van der Waals surface area contributed by atoms with Gasteiger partial charge in [0.05, 0.1) is 10.9 Å². The average Bonchev–Trinajstić information content (AvgIpc) is 2.91. The number of carbonyl (C=O) groups excluding carboxylic acids is 1. The molecule has 0 bridgehead atoms. The topological polar surface area (TPSA) is 66.8 Å². The third-order valence-electron chi connectivity index (χ3n) is 4.02. The van der Waals surface area contributed by atoms with Gasteiger partial charge in [0.25, 0.3) is 0 Å². The lowest BCUT2D eigenvalue weighted by molar-refractivity contribution is -0.159. The van der Waals surface area contributed by atoms with Gasteiger partial charge in [-0.15, -0.1) is 11.3 Å². The minimum atomic E-state index is -0.977. The van der Waals surface area contributed by atoms with Crippen LogP contribution in [0.1, 0.15) is 24.1 Å². The standard InChI is InChI=1S/C15H20ClNO4S/c1-21-10-15(14(19)20)7-2-8-17(9-15)13(18)6-4-11-3-5-12(16)22-11/h3,5H,2,4,6-10H2,1H3,(H,19,20). The van der Waals surface area contributed by atoms with Crippen LogP contribution < -0.4 is 0 Å². The lowest BCUT2D eigenvalue weighted by Crippen LogP contribution is -2.52. The van der Waals surface area contributed by atoms with Crippen molar-refractivity contribution < 1.29 is 19.4 Å². The number of piperidine rings is 1. The number of hydrogen-bond acceptors (Lipinski definition) is 4. The fourth-order valence-electron chi connectivity index (χ4n) is 2.85. The number of carboxylic acid groups (broad SMARTS) is 1. The van der Waals surface area contributed by atoms with E-state index < -0.39 is 11.4 Å². The Labute approximate surface area is 138 Å². The van der Waals surface area contributed by atoms with Gasteiger partial charge in [-0.2, -0.15) is 0 Å². The van der Waals surface area contributed by atoms with E-state index in [1.165, 1.54) is 18.4 Å². The van der Waals surface area contributed by atoms with Gasteiger partial charge in [-0.05, 0) is 31.4 Å². The first kappa shape index (κ1) is 17.2. The third-order valence-corrected chi connectivity index (χ3v) is 5.31. The summed E-state index contributed by atoms with van der Waals surface area (Å²) in [5.74, 6) is -0.900. The van der Waals surface area contributed by atoms with Gasteiger partial charge in [0, 0.05) is 31.5 Å². The predicted molar refractivity (Wildman–Crippen MR) is 85.4 cm³/mol. The molecule has 122 valence electrons. The lowest BCUT2D eigenvalue weighted by atomic mass is 9.80. The molecular weight excluding hydrogens is 326 g/mol. The molecular formula is C15H20ClNO4S. The number of ether oxygens (including phenoxy) is 1. The van der Waals surface area contributed by atoms with E-state index in [1.54, 1.807) is 4.90 Å². The molecule has 2 rings (SSSR count). The highest BCUT2D eigenvalue weighted by Crippen LogP contribution is 2.31. The van der Waals surface area contributed by atoms with Crippen molar-refractivity contribution in [3.63, 3.8) is 0 Å². The Hall–Kier alpha value is -1.11. The monoisotopic (exact) mass is 345 g/mol. The summed E-state index contributed by atoms with van der Waals surface area (Å²) in [5.41, 5.74) is -0.977. The first-order chi connectivity index (χ1) is 10.5. The zero-order chi connectivity index (χ0) is 16.2. The summed E-state index contributed by atoms with van der Waals surface area (Å²) in [7, 11) is 1.49. The molecule has 1 unspecified atom stereocenters. The number of carboxylic acids is 1. The van der Waals surface area contributed by atoms with Crippen molar-refractivity contribution in [2.24, 2.45) is 5.41 Å². The Morgan fingerprint density at radius 3 is 2.86 bits per heavy atom. The van der Waals surface area contributed by atoms with Crippen LogP contribution >= 0.6 is 22.9 Å². The van der Waals surface area contributed by atoms with Crippen molar-refractivity contribution in [3.8, 4) is 0 Å². The number of nitrogens with zero attached hydrogens (tertiary/aromatic N) is 1. The van der Waals surface area contributed by atoms with E-state index in [9.17, 15) is 14.7 Å². The number of thiophene rings is 1. The zero-order valence-corrected chi connectivity index (χ0v) is 14.1. The van der Waals surface area contributed by atoms with Crippen LogP contribution in [0, 0.1) is 5.41 Å². The Bertz CT molecular complexity index is 543. The van der Waals surface area contributed by atoms with E-state index in [0.29, 0.717) is 36.6 Å². The molecule has 5 nitrogen and oxygen atoms in total. The molecule has 1 amide bonds. The van der Waals surface area contributed by atoms with Gasteiger partial charge in [-0.1, -0.05) is 11.6 Å². The van der Waals surface area contributed by atoms with E-state index in [-0.39, 0.29) is 19.1 Å². The molecule has 1 aromatic heterocycles. The molecule has 1 saturated heterocycles. The number of rotatable bonds is 6. The molecule has 1 aromatic rings. The number of carbonyl (C=O) groups is 2. The zero-order valence-electron chi connectivity index (χ0n) is 12.5. The van der Waals surface area contributed by atoms with Crippen LogP contribution in [-0.4, -0.2) is 48.7 Å². The lowest BCUT2D eigenvalue weighted by Gasteiger charge is -2.39. The smallest absolute Gasteiger partial charge is 0.313 e. The molecule has 0 saturated carbocycles. The van der Waals surface area contributed by atoms with Gasteiger partial charge in [-0.25, -0.2) is 0 Å². The summed E-state index contributed by atoms with van der Waals surface area (Å²) in [4.78, 5) is 26.7. The highest BCUT2D eigenvalue weighted by atomic mass is 35.5. The van der Waals surface area contributed by atoms with Crippen LogP contribution in [0.2, 0.25) is 4.34 Å². The normalized spacial score (nSPS) is 21.8. The maximum absolute atomic E-state index is 12.4. The van der Waals surface area contributed by atoms with Gasteiger partial charge in [0.1, 0.15) is 5.41 Å². The molecule has 2 heterocycles. The van der Waals surface area contributed by atoms with Gasteiger partial charge < -0.3 is 14.7 Å². The van der Waals surface area contributed by atoms with Crippen molar-refractivity contribution in [3.05, 3.63) is 21.3 Å². The predicted octanol–water partition coefficient (Wildman–Crippen LogP) is 2.67. The summed E-state index contributed by atoms with van der Waals surface area (Å²) in [6.07, 6.45) is 2.24. The number of aliphatic carboxylic acids is 1. The maximum atomic E-state index is 12.4. The summed E-state index contributed by atoms with van der Waals surface area (Å²) < 4.78 is 5.79. The first-order valence-electron chi connectivity index (χ1n) is 7.21. The van der Waals surface area contributed by atoms with Crippen LogP contribution in [0.5, 0.6) is 0 Å². The minimum Gasteiger partial charge on any atom is -0.481 e. The van der Waals surface area contributed by atoms with Gasteiger partial charge in [0.15, 0.2) is 0 Å². The molecule has 0 radical (unpaired) electrons. The molecule has 1 aliphatic rings. The second kappa shape index (κ2) is 7.44. The molecule has 0 aromatic carbocycles.